The first-order chi connectivity index (χ1) is 6.31. The lowest BCUT2D eigenvalue weighted by atomic mass is 10.1. The Bertz CT molecular complexity index is 348. The Morgan fingerprint density at radius 3 is 2.69 bits per heavy atom. The van der Waals surface area contributed by atoms with Gasteiger partial charge in [-0.3, -0.25) is 4.99 Å². The summed E-state index contributed by atoms with van der Waals surface area (Å²) in [6.07, 6.45) is 5.83. The number of benzene rings is 1. The molecule has 0 saturated heterocycles. The van der Waals surface area contributed by atoms with Gasteiger partial charge in [0, 0.05) is 5.56 Å². The van der Waals surface area contributed by atoms with Crippen molar-refractivity contribution in [3.63, 3.8) is 0 Å². The first-order valence-electron chi connectivity index (χ1n) is 4.17. The molecule has 0 radical (unpaired) electrons. The normalized spacial score (nSPS) is 10.2. The molecule has 0 atom stereocenters. The van der Waals surface area contributed by atoms with Crippen LogP contribution < -0.4 is 0 Å². The van der Waals surface area contributed by atoms with Crippen molar-refractivity contribution in [1.82, 2.24) is 0 Å². The van der Waals surface area contributed by atoms with Gasteiger partial charge >= 0.3 is 0 Å². The Balaban J connectivity index is 3.19. The lowest BCUT2D eigenvalue weighted by Crippen LogP contribution is -1.77. The summed E-state index contributed by atoms with van der Waals surface area (Å²) in [5, 5.41) is 0. The fraction of sp³-hybridized carbons (Fsp3) is 0.0833. The summed E-state index contributed by atoms with van der Waals surface area (Å²) < 4.78 is 0. The highest BCUT2D eigenvalue weighted by molar-refractivity contribution is 5.68. The summed E-state index contributed by atoms with van der Waals surface area (Å²) in [4.78, 5) is 3.90. The summed E-state index contributed by atoms with van der Waals surface area (Å²) in [5.41, 5.74) is 3.05. The molecule has 0 bridgehead atoms. The van der Waals surface area contributed by atoms with E-state index in [-0.39, 0.29) is 0 Å². The van der Waals surface area contributed by atoms with Gasteiger partial charge in [0.2, 0.25) is 0 Å². The van der Waals surface area contributed by atoms with Crippen LogP contribution in [0.15, 0.2) is 35.8 Å². The van der Waals surface area contributed by atoms with E-state index in [0.29, 0.717) is 0 Å². The standard InChI is InChI=1S/C12H13N/c1-4-6-10-7-8-12(13-3)11(5-2)9-10/h4-9H,2-3H2,1H3/b6-4+. The van der Waals surface area contributed by atoms with E-state index in [1.165, 1.54) is 0 Å². The highest BCUT2D eigenvalue weighted by Gasteiger charge is 1.96. The van der Waals surface area contributed by atoms with Gasteiger partial charge in [-0.25, -0.2) is 0 Å². The third-order valence-electron chi connectivity index (χ3n) is 1.80. The highest BCUT2D eigenvalue weighted by atomic mass is 14.7. The second kappa shape index (κ2) is 4.41. The molecule has 0 aliphatic heterocycles. The minimum atomic E-state index is 0.878. The van der Waals surface area contributed by atoms with Gasteiger partial charge in [0.15, 0.2) is 0 Å². The molecule has 1 rings (SSSR count). The van der Waals surface area contributed by atoms with Gasteiger partial charge in [-0.2, -0.15) is 0 Å². The third-order valence-corrected chi connectivity index (χ3v) is 1.80. The monoisotopic (exact) mass is 171 g/mol. The van der Waals surface area contributed by atoms with Crippen molar-refractivity contribution in [2.24, 2.45) is 4.99 Å². The molecule has 13 heavy (non-hydrogen) atoms. The van der Waals surface area contributed by atoms with Crippen LogP contribution in [0, 0.1) is 0 Å². The van der Waals surface area contributed by atoms with Crippen LogP contribution in [0.1, 0.15) is 18.1 Å². The zero-order chi connectivity index (χ0) is 9.68. The van der Waals surface area contributed by atoms with E-state index in [9.17, 15) is 0 Å². The lowest BCUT2D eigenvalue weighted by molar-refractivity contribution is 1.51. The lowest BCUT2D eigenvalue weighted by Gasteiger charge is -2.01. The molecule has 0 fully saturated rings. The van der Waals surface area contributed by atoms with Crippen molar-refractivity contribution in [2.45, 2.75) is 6.92 Å². The second-order valence-electron chi connectivity index (χ2n) is 2.68. The fourth-order valence-corrected chi connectivity index (χ4v) is 1.18. The van der Waals surface area contributed by atoms with Crippen molar-refractivity contribution < 1.29 is 0 Å². The molecule has 0 N–H and O–H groups in total. The number of hydrogen-bond donors (Lipinski definition) is 0. The van der Waals surface area contributed by atoms with E-state index in [1.807, 2.05) is 37.3 Å². The van der Waals surface area contributed by atoms with Crippen molar-refractivity contribution in [3.8, 4) is 0 Å². The first kappa shape index (κ1) is 9.46. The van der Waals surface area contributed by atoms with E-state index in [4.69, 9.17) is 0 Å². The number of allylic oxidation sites excluding steroid dienone is 1. The second-order valence-corrected chi connectivity index (χ2v) is 2.68. The maximum Gasteiger partial charge on any atom is 0.0694 e. The van der Waals surface area contributed by atoms with E-state index < -0.39 is 0 Å². The fourth-order valence-electron chi connectivity index (χ4n) is 1.18. The zero-order valence-corrected chi connectivity index (χ0v) is 7.83. The van der Waals surface area contributed by atoms with Crippen LogP contribution in [0.25, 0.3) is 12.2 Å². The molecule has 0 heterocycles. The maximum atomic E-state index is 3.90. The maximum absolute atomic E-state index is 3.90. The van der Waals surface area contributed by atoms with E-state index in [0.717, 1.165) is 16.8 Å². The van der Waals surface area contributed by atoms with Gasteiger partial charge in [0.25, 0.3) is 0 Å². The van der Waals surface area contributed by atoms with Gasteiger partial charge in [-0.1, -0.05) is 30.9 Å². The van der Waals surface area contributed by atoms with Crippen molar-refractivity contribution in [2.75, 3.05) is 0 Å². The van der Waals surface area contributed by atoms with Crippen LogP contribution in [0.5, 0.6) is 0 Å². The molecule has 0 aliphatic carbocycles. The van der Waals surface area contributed by atoms with Gasteiger partial charge in [-0.05, 0) is 31.3 Å². The Labute approximate surface area is 79.1 Å². The number of aliphatic imine (C=N–C) groups is 1. The molecular formula is C12H13N. The summed E-state index contributed by atoms with van der Waals surface area (Å²) in [7, 11) is 0. The quantitative estimate of drug-likeness (QED) is 0.615. The summed E-state index contributed by atoms with van der Waals surface area (Å²) in [6.45, 7) is 9.22. The van der Waals surface area contributed by atoms with E-state index >= 15 is 0 Å². The van der Waals surface area contributed by atoms with Crippen LogP contribution in [0.3, 0.4) is 0 Å². The highest BCUT2D eigenvalue weighted by Crippen LogP contribution is 2.21. The molecule has 0 aliphatic rings. The van der Waals surface area contributed by atoms with Crippen LogP contribution in [-0.2, 0) is 0 Å². The minimum Gasteiger partial charge on any atom is -0.264 e. The minimum absolute atomic E-state index is 0.878. The molecule has 1 heteroatoms. The molecule has 0 saturated carbocycles. The largest absolute Gasteiger partial charge is 0.264 e. The van der Waals surface area contributed by atoms with Gasteiger partial charge in [-0.15, -0.1) is 0 Å². The van der Waals surface area contributed by atoms with Crippen LogP contribution >= 0.6 is 0 Å². The molecule has 66 valence electrons. The molecule has 1 nitrogen and oxygen atoms in total. The van der Waals surface area contributed by atoms with E-state index in [1.54, 1.807) is 6.08 Å². The predicted octanol–water partition coefficient (Wildman–Crippen LogP) is 3.69. The smallest absolute Gasteiger partial charge is 0.0694 e. The van der Waals surface area contributed by atoms with Gasteiger partial charge < -0.3 is 0 Å². The van der Waals surface area contributed by atoms with Gasteiger partial charge in [0.05, 0.1) is 5.69 Å². The number of nitrogens with zero attached hydrogens (tertiary/aromatic N) is 1. The third kappa shape index (κ3) is 2.15. The van der Waals surface area contributed by atoms with Crippen molar-refractivity contribution in [3.05, 3.63) is 42.0 Å². The summed E-state index contributed by atoms with van der Waals surface area (Å²) in [6, 6.07) is 5.99. The van der Waals surface area contributed by atoms with Crippen molar-refractivity contribution in [1.29, 1.82) is 0 Å². The molecule has 0 spiro atoms. The Morgan fingerprint density at radius 2 is 2.15 bits per heavy atom. The average molecular weight is 171 g/mol. The molecular weight excluding hydrogens is 158 g/mol. The SMILES string of the molecule is C=Cc1cc(/C=C/C)ccc1N=C. The van der Waals surface area contributed by atoms with Crippen molar-refractivity contribution >= 4 is 24.6 Å². The molecule has 1 aromatic carbocycles. The Hall–Kier alpha value is -1.63. The predicted molar refractivity (Wildman–Crippen MR) is 60.5 cm³/mol. The first-order valence-corrected chi connectivity index (χ1v) is 4.17. The van der Waals surface area contributed by atoms with E-state index in [2.05, 4.69) is 18.3 Å². The number of hydrogen-bond acceptors (Lipinski definition) is 1. The Kier molecular flexibility index (Phi) is 3.21. The molecule has 0 aromatic heterocycles. The topological polar surface area (TPSA) is 12.4 Å². The Morgan fingerprint density at radius 1 is 1.38 bits per heavy atom. The van der Waals surface area contributed by atoms with Crippen LogP contribution in [0.2, 0.25) is 0 Å². The number of rotatable bonds is 3. The average Bonchev–Trinajstić information content (AvgIpc) is 2.18. The van der Waals surface area contributed by atoms with Crippen LogP contribution in [0.4, 0.5) is 5.69 Å². The summed E-state index contributed by atoms with van der Waals surface area (Å²) >= 11 is 0. The molecule has 1 aromatic rings. The molecule has 0 amide bonds. The molecule has 0 unspecified atom stereocenters. The van der Waals surface area contributed by atoms with Crippen LogP contribution in [-0.4, -0.2) is 6.72 Å². The van der Waals surface area contributed by atoms with Gasteiger partial charge in [0.1, 0.15) is 0 Å². The zero-order valence-electron chi connectivity index (χ0n) is 7.83. The summed E-state index contributed by atoms with van der Waals surface area (Å²) in [5.74, 6) is 0.